The van der Waals surface area contributed by atoms with E-state index in [0.717, 1.165) is 65.3 Å². The minimum atomic E-state index is -0.406. The Morgan fingerprint density at radius 1 is 0.321 bits per heavy atom. The van der Waals surface area contributed by atoms with Crippen molar-refractivity contribution in [1.29, 1.82) is 0 Å². The summed E-state index contributed by atoms with van der Waals surface area (Å²) in [7, 11) is 0. The van der Waals surface area contributed by atoms with Gasteiger partial charge in [-0.05, 0) is 82.5 Å². The van der Waals surface area contributed by atoms with Gasteiger partial charge in [0.05, 0.1) is 8.22 Å². The minimum absolute atomic E-state index is 0.134. The molecule has 1 heterocycles. The predicted octanol–water partition coefficient (Wildman–Crippen LogP) is 14.9. The Kier molecular flexibility index (Phi) is 5.40. The first kappa shape index (κ1) is 24.3. The standard InChI is InChI=1S/C52H32O/c1-2-15-34(16-3-1)49-41-20-8-10-22-43(41)50(44-23-11-9-21-42(44)49)45-31-30-40(38-18-6-7-19-39(38)45)46-25-13-27-48-47-26-12-24-37(51(47)53-52(46)48)36-29-28-33-14-4-5-17-35(33)32-36/h1-32H/i6D,7D,18D,19D,30D,31D. The Morgan fingerprint density at radius 2 is 0.849 bits per heavy atom. The Hall–Kier alpha value is -6.96. The van der Waals surface area contributed by atoms with Crippen LogP contribution in [-0.4, -0.2) is 0 Å². The molecule has 0 aliphatic heterocycles. The fraction of sp³-hybridized carbons (Fsp3) is 0. The molecule has 0 fully saturated rings. The summed E-state index contributed by atoms with van der Waals surface area (Å²) < 4.78 is 63.5. The highest BCUT2D eigenvalue weighted by atomic mass is 16.3. The van der Waals surface area contributed by atoms with Crippen LogP contribution in [0.3, 0.4) is 0 Å². The van der Waals surface area contributed by atoms with Crippen LogP contribution < -0.4 is 0 Å². The second-order valence-corrected chi connectivity index (χ2v) is 13.5. The Labute approximate surface area is 315 Å². The van der Waals surface area contributed by atoms with Crippen LogP contribution >= 0.6 is 0 Å². The SMILES string of the molecule is [2H]c1c([2H])c([2H])c2c(-c3cccc4c3oc3c(-c5ccc6ccccc6c5)cccc34)c([2H])c([2H])c(-c3c4ccccc4c(-c4ccccc4)c4ccccc34)c2c1[2H]. The lowest BCUT2D eigenvalue weighted by Gasteiger charge is -2.19. The number of fused-ring (bicyclic) bond motifs is 7. The van der Waals surface area contributed by atoms with Crippen molar-refractivity contribution >= 4 is 65.0 Å². The first-order chi connectivity index (χ1) is 28.8. The van der Waals surface area contributed by atoms with Gasteiger partial charge in [-0.15, -0.1) is 0 Å². The molecule has 0 spiro atoms. The van der Waals surface area contributed by atoms with Gasteiger partial charge in [-0.2, -0.15) is 0 Å². The molecule has 0 aliphatic carbocycles. The molecule has 0 unspecified atom stereocenters. The maximum Gasteiger partial charge on any atom is 0.143 e. The number of para-hydroxylation sites is 2. The third-order valence-electron chi connectivity index (χ3n) is 10.6. The fourth-order valence-corrected chi connectivity index (χ4v) is 8.24. The van der Waals surface area contributed by atoms with Gasteiger partial charge in [0, 0.05) is 21.9 Å². The lowest BCUT2D eigenvalue weighted by molar-refractivity contribution is 0.671. The van der Waals surface area contributed by atoms with Crippen LogP contribution in [0.25, 0.3) is 110 Å². The van der Waals surface area contributed by atoms with Gasteiger partial charge >= 0.3 is 0 Å². The summed E-state index contributed by atoms with van der Waals surface area (Å²) >= 11 is 0. The van der Waals surface area contributed by atoms with E-state index in [1.165, 1.54) is 0 Å². The minimum Gasteiger partial charge on any atom is -0.455 e. The molecule has 11 rings (SSSR count). The van der Waals surface area contributed by atoms with Crippen molar-refractivity contribution in [2.45, 2.75) is 0 Å². The zero-order valence-corrected chi connectivity index (χ0v) is 28.4. The highest BCUT2D eigenvalue weighted by Gasteiger charge is 2.21. The zero-order chi connectivity index (χ0) is 40.1. The van der Waals surface area contributed by atoms with E-state index >= 15 is 0 Å². The van der Waals surface area contributed by atoms with Gasteiger partial charge in [0.25, 0.3) is 0 Å². The van der Waals surface area contributed by atoms with Crippen LogP contribution in [-0.2, 0) is 0 Å². The normalized spacial score (nSPS) is 13.4. The zero-order valence-electron chi connectivity index (χ0n) is 34.4. The summed E-state index contributed by atoms with van der Waals surface area (Å²) in [4.78, 5) is 0. The van der Waals surface area contributed by atoms with E-state index in [2.05, 4.69) is 54.6 Å². The first-order valence-corrected chi connectivity index (χ1v) is 17.8. The first-order valence-electron chi connectivity index (χ1n) is 20.8. The number of rotatable bonds is 4. The highest BCUT2D eigenvalue weighted by Crippen LogP contribution is 2.47. The monoisotopic (exact) mass is 678 g/mol. The third kappa shape index (κ3) is 4.58. The number of furan rings is 1. The van der Waals surface area contributed by atoms with Crippen molar-refractivity contribution in [3.05, 3.63) is 194 Å². The molecule has 246 valence electrons. The van der Waals surface area contributed by atoms with Crippen molar-refractivity contribution in [1.82, 2.24) is 0 Å². The van der Waals surface area contributed by atoms with E-state index in [1.807, 2.05) is 103 Å². The molecule has 10 aromatic carbocycles. The molecule has 53 heavy (non-hydrogen) atoms. The molecule has 0 amide bonds. The van der Waals surface area contributed by atoms with Gasteiger partial charge in [-0.3, -0.25) is 0 Å². The molecule has 0 radical (unpaired) electrons. The number of hydrogen-bond donors (Lipinski definition) is 0. The maximum absolute atomic E-state index is 9.92. The van der Waals surface area contributed by atoms with Gasteiger partial charge in [-0.25, -0.2) is 0 Å². The maximum atomic E-state index is 9.92. The summed E-state index contributed by atoms with van der Waals surface area (Å²) in [5.74, 6) is 0. The van der Waals surface area contributed by atoms with E-state index in [0.29, 0.717) is 27.9 Å². The molecule has 11 aromatic rings. The van der Waals surface area contributed by atoms with E-state index in [9.17, 15) is 5.48 Å². The van der Waals surface area contributed by atoms with Gasteiger partial charge in [0.2, 0.25) is 0 Å². The number of benzene rings is 10. The van der Waals surface area contributed by atoms with E-state index in [4.69, 9.17) is 7.16 Å². The lowest BCUT2D eigenvalue weighted by atomic mass is 9.84. The lowest BCUT2D eigenvalue weighted by Crippen LogP contribution is -1.92. The summed E-state index contributed by atoms with van der Waals surface area (Å²) in [5, 5.41) is 7.81. The van der Waals surface area contributed by atoms with Gasteiger partial charge < -0.3 is 4.42 Å². The van der Waals surface area contributed by atoms with Crippen LogP contribution in [0.15, 0.2) is 198 Å². The number of hydrogen-bond acceptors (Lipinski definition) is 1. The van der Waals surface area contributed by atoms with Crippen LogP contribution in [0.1, 0.15) is 8.22 Å². The fourth-order valence-electron chi connectivity index (χ4n) is 8.24. The third-order valence-corrected chi connectivity index (χ3v) is 10.6. The second-order valence-electron chi connectivity index (χ2n) is 13.5. The summed E-state index contributed by atoms with van der Waals surface area (Å²) in [6.45, 7) is 0. The summed E-state index contributed by atoms with van der Waals surface area (Å²) in [5.41, 5.74) is 6.76. The summed E-state index contributed by atoms with van der Waals surface area (Å²) in [6, 6.07) is 50.8. The van der Waals surface area contributed by atoms with E-state index in [-0.39, 0.29) is 40.5 Å². The largest absolute Gasteiger partial charge is 0.455 e. The molecule has 1 heteroatoms. The van der Waals surface area contributed by atoms with Crippen LogP contribution in [0.5, 0.6) is 0 Å². The van der Waals surface area contributed by atoms with E-state index in [1.54, 1.807) is 0 Å². The predicted molar refractivity (Wildman–Crippen MR) is 225 cm³/mol. The van der Waals surface area contributed by atoms with Crippen LogP contribution in [0, 0.1) is 0 Å². The average molecular weight is 679 g/mol. The molecular formula is C52H32O. The van der Waals surface area contributed by atoms with E-state index < -0.39 is 12.1 Å². The Morgan fingerprint density at radius 3 is 1.55 bits per heavy atom. The van der Waals surface area contributed by atoms with Crippen molar-refractivity contribution in [2.24, 2.45) is 0 Å². The molecule has 1 aromatic heterocycles. The summed E-state index contributed by atoms with van der Waals surface area (Å²) in [6.07, 6.45) is 0. The molecule has 0 saturated carbocycles. The van der Waals surface area contributed by atoms with Crippen molar-refractivity contribution in [3.8, 4) is 44.5 Å². The molecule has 0 aliphatic rings. The molecule has 0 N–H and O–H groups in total. The Bertz CT molecular complexity index is 3510. The molecule has 0 atom stereocenters. The molecular weight excluding hydrogens is 641 g/mol. The average Bonchev–Trinajstić information content (AvgIpc) is 3.67. The molecule has 1 nitrogen and oxygen atoms in total. The van der Waals surface area contributed by atoms with Crippen LogP contribution in [0.4, 0.5) is 0 Å². The quantitative estimate of drug-likeness (QED) is 0.169. The molecule has 0 bridgehead atoms. The highest BCUT2D eigenvalue weighted by molar-refractivity contribution is 6.24. The Balaban J connectivity index is 1.26. The van der Waals surface area contributed by atoms with Crippen molar-refractivity contribution < 1.29 is 12.6 Å². The molecule has 0 saturated heterocycles. The topological polar surface area (TPSA) is 13.1 Å². The van der Waals surface area contributed by atoms with Crippen LogP contribution in [0.2, 0.25) is 0 Å². The van der Waals surface area contributed by atoms with Gasteiger partial charge in [0.1, 0.15) is 11.2 Å². The van der Waals surface area contributed by atoms with Crippen molar-refractivity contribution in [2.75, 3.05) is 0 Å². The van der Waals surface area contributed by atoms with Crippen molar-refractivity contribution in [3.63, 3.8) is 0 Å². The smallest absolute Gasteiger partial charge is 0.143 e. The second kappa shape index (κ2) is 11.8. The van der Waals surface area contributed by atoms with Gasteiger partial charge in [0.15, 0.2) is 0 Å². The van der Waals surface area contributed by atoms with Gasteiger partial charge in [-0.1, -0.05) is 188 Å².